The van der Waals surface area contributed by atoms with Crippen molar-refractivity contribution in [1.82, 2.24) is 4.90 Å². The van der Waals surface area contributed by atoms with E-state index in [1.54, 1.807) is 20.3 Å². The Morgan fingerprint density at radius 3 is 2.50 bits per heavy atom. The molecule has 30 heavy (non-hydrogen) atoms. The van der Waals surface area contributed by atoms with Crippen molar-refractivity contribution in [3.8, 4) is 11.5 Å². The van der Waals surface area contributed by atoms with Crippen LogP contribution in [0.3, 0.4) is 0 Å². The first-order valence-electron chi connectivity index (χ1n) is 10.1. The second-order valence-electron chi connectivity index (χ2n) is 8.32. The lowest BCUT2D eigenvalue weighted by Gasteiger charge is -2.29. The molecule has 3 amide bonds. The lowest BCUT2D eigenvalue weighted by Crippen LogP contribution is -2.43. The van der Waals surface area contributed by atoms with E-state index in [0.29, 0.717) is 30.9 Å². The summed E-state index contributed by atoms with van der Waals surface area (Å²) < 4.78 is 10.6. The van der Waals surface area contributed by atoms with Gasteiger partial charge in [0.25, 0.3) is 5.91 Å². The number of amides is 3. The Morgan fingerprint density at radius 1 is 1.13 bits per heavy atom. The molecule has 1 saturated heterocycles. The topological polar surface area (TPSA) is 121 Å². The van der Waals surface area contributed by atoms with Crippen LogP contribution in [0, 0.1) is 29.6 Å². The van der Waals surface area contributed by atoms with Crippen molar-refractivity contribution < 1.29 is 28.7 Å². The van der Waals surface area contributed by atoms with Crippen LogP contribution in [0.25, 0.3) is 0 Å². The summed E-state index contributed by atoms with van der Waals surface area (Å²) in [6.45, 7) is 0.298. The van der Waals surface area contributed by atoms with Gasteiger partial charge < -0.3 is 20.0 Å². The number of methoxy groups -OCH3 is 2. The molecule has 2 N–H and O–H groups in total. The van der Waals surface area contributed by atoms with E-state index in [2.05, 4.69) is 5.16 Å². The third-order valence-corrected chi connectivity index (χ3v) is 7.11. The van der Waals surface area contributed by atoms with Crippen LogP contribution < -0.4 is 15.2 Å². The number of imide groups is 1. The van der Waals surface area contributed by atoms with Gasteiger partial charge in [0.2, 0.25) is 11.8 Å². The molecule has 0 aromatic heterocycles. The van der Waals surface area contributed by atoms with Crippen molar-refractivity contribution >= 4 is 23.4 Å². The van der Waals surface area contributed by atoms with Gasteiger partial charge in [-0.1, -0.05) is 11.2 Å². The normalized spacial score (nSPS) is 33.3. The molecular weight excluding hydrogens is 390 g/mol. The van der Waals surface area contributed by atoms with Crippen molar-refractivity contribution in [2.45, 2.75) is 18.9 Å². The molecular formula is C21H23N3O6. The Balaban J connectivity index is 1.33. The third kappa shape index (κ3) is 2.47. The van der Waals surface area contributed by atoms with E-state index in [1.807, 2.05) is 12.1 Å². The molecule has 0 unspecified atom stereocenters. The molecule has 5 rings (SSSR count). The SMILES string of the molecule is COc1ccc(CCN2C(=O)[C@@H]3[C@H]4C[C@@H]([C@@H]5ON=C(C(N)=O)[C@@H]45)[C@H]3C2=O)cc1OC. The first-order valence-corrected chi connectivity index (χ1v) is 10.1. The summed E-state index contributed by atoms with van der Waals surface area (Å²) in [6.07, 6.45) is 0.878. The highest BCUT2D eigenvalue weighted by Gasteiger charge is 2.70. The highest BCUT2D eigenvalue weighted by molar-refractivity contribution is 6.39. The second-order valence-corrected chi connectivity index (χ2v) is 8.32. The highest BCUT2D eigenvalue weighted by atomic mass is 16.6. The van der Waals surface area contributed by atoms with Crippen LogP contribution >= 0.6 is 0 Å². The van der Waals surface area contributed by atoms with Crippen molar-refractivity contribution in [3.63, 3.8) is 0 Å². The van der Waals surface area contributed by atoms with Gasteiger partial charge in [0, 0.05) is 12.5 Å². The van der Waals surface area contributed by atoms with Crippen LogP contribution in [-0.2, 0) is 25.6 Å². The fraction of sp³-hybridized carbons (Fsp3) is 0.524. The Bertz CT molecular complexity index is 975. The number of nitrogens with zero attached hydrogens (tertiary/aromatic N) is 2. The quantitative estimate of drug-likeness (QED) is 0.672. The predicted octanol–water partition coefficient (Wildman–Crippen LogP) is 0.354. The van der Waals surface area contributed by atoms with Crippen molar-refractivity contribution in [2.75, 3.05) is 20.8 Å². The largest absolute Gasteiger partial charge is 0.493 e. The van der Waals surface area contributed by atoms with E-state index in [1.165, 1.54) is 4.90 Å². The Morgan fingerprint density at radius 2 is 1.83 bits per heavy atom. The third-order valence-electron chi connectivity index (χ3n) is 7.11. The summed E-state index contributed by atoms with van der Waals surface area (Å²) in [4.78, 5) is 44.8. The summed E-state index contributed by atoms with van der Waals surface area (Å²) in [7, 11) is 3.13. The molecule has 9 heteroatoms. The standard InChI is InChI=1S/C21H23N3O6/c1-28-12-4-3-9(7-13(12)29-2)5-6-24-20(26)14-10-8-11(15(14)21(24)27)18-16(10)17(19(22)25)23-30-18/h3-4,7,10-11,14-16,18H,5-6,8H2,1-2H3,(H2,22,25)/t10-,11-,14-,15-,16-,18+/m1/s1. The molecule has 4 aliphatic rings. The molecule has 1 aromatic carbocycles. The van der Waals surface area contributed by atoms with E-state index in [9.17, 15) is 14.4 Å². The Hall–Kier alpha value is -3.10. The zero-order valence-electron chi connectivity index (χ0n) is 16.7. The second kappa shape index (κ2) is 6.72. The molecule has 2 aliphatic carbocycles. The van der Waals surface area contributed by atoms with Crippen molar-refractivity contribution in [1.29, 1.82) is 0 Å². The molecule has 2 heterocycles. The molecule has 158 valence electrons. The number of hydrogen-bond acceptors (Lipinski definition) is 7. The van der Waals surface area contributed by atoms with Crippen LogP contribution in [-0.4, -0.2) is 55.2 Å². The molecule has 9 nitrogen and oxygen atoms in total. The zero-order valence-corrected chi connectivity index (χ0v) is 16.7. The molecule has 0 radical (unpaired) electrons. The molecule has 2 aliphatic heterocycles. The first-order chi connectivity index (χ1) is 14.5. The lowest BCUT2D eigenvalue weighted by molar-refractivity contribution is -0.141. The number of nitrogens with two attached hydrogens (primary N) is 1. The number of benzene rings is 1. The van der Waals surface area contributed by atoms with Crippen LogP contribution in [0.15, 0.2) is 23.4 Å². The van der Waals surface area contributed by atoms with Gasteiger partial charge in [-0.25, -0.2) is 0 Å². The minimum atomic E-state index is -0.617. The maximum Gasteiger partial charge on any atom is 0.266 e. The Kier molecular flexibility index (Phi) is 4.23. The number of oxime groups is 1. The van der Waals surface area contributed by atoms with E-state index < -0.39 is 17.7 Å². The first kappa shape index (κ1) is 18.9. The maximum absolute atomic E-state index is 13.2. The lowest BCUT2D eigenvalue weighted by atomic mass is 9.72. The summed E-state index contributed by atoms with van der Waals surface area (Å²) >= 11 is 0. The number of carbonyl (C=O) groups is 3. The van der Waals surface area contributed by atoms with Crippen molar-refractivity contribution in [3.05, 3.63) is 23.8 Å². The minimum absolute atomic E-state index is 0.104. The number of rotatable bonds is 6. The number of fused-ring (bicyclic) bond motifs is 8. The number of carbonyl (C=O) groups excluding carboxylic acids is 3. The number of hydrogen-bond donors (Lipinski definition) is 1. The Labute approximate surface area is 173 Å². The smallest absolute Gasteiger partial charge is 0.266 e. The van der Waals surface area contributed by atoms with E-state index in [0.717, 1.165) is 5.56 Å². The minimum Gasteiger partial charge on any atom is -0.493 e. The molecule has 1 aromatic rings. The number of primary amides is 1. The summed E-state index contributed by atoms with van der Waals surface area (Å²) in [5.41, 5.74) is 6.58. The molecule has 0 spiro atoms. The van der Waals surface area contributed by atoms with Gasteiger partial charge in [-0.15, -0.1) is 0 Å². The van der Waals surface area contributed by atoms with Gasteiger partial charge in [-0.3, -0.25) is 19.3 Å². The summed E-state index contributed by atoms with van der Waals surface area (Å²) in [5.74, 6) is -1.01. The molecule has 6 atom stereocenters. The highest BCUT2D eigenvalue weighted by Crippen LogP contribution is 2.61. The maximum atomic E-state index is 13.2. The zero-order chi connectivity index (χ0) is 21.2. The van der Waals surface area contributed by atoms with Crippen LogP contribution in [0.4, 0.5) is 0 Å². The van der Waals surface area contributed by atoms with Gasteiger partial charge in [0.05, 0.1) is 32.0 Å². The summed E-state index contributed by atoms with van der Waals surface area (Å²) in [6, 6.07) is 5.55. The molecule has 2 bridgehead atoms. The number of ether oxygens (including phenoxy) is 2. The molecule has 3 fully saturated rings. The van der Waals surface area contributed by atoms with Crippen LogP contribution in [0.5, 0.6) is 11.5 Å². The average molecular weight is 413 g/mol. The predicted molar refractivity (Wildman–Crippen MR) is 104 cm³/mol. The fourth-order valence-corrected chi connectivity index (χ4v) is 5.89. The van der Waals surface area contributed by atoms with Gasteiger partial charge in [0.15, 0.2) is 17.2 Å². The van der Waals surface area contributed by atoms with Crippen molar-refractivity contribution in [2.24, 2.45) is 40.5 Å². The van der Waals surface area contributed by atoms with E-state index >= 15 is 0 Å². The van der Waals surface area contributed by atoms with Crippen LogP contribution in [0.2, 0.25) is 0 Å². The van der Waals surface area contributed by atoms with Crippen LogP contribution in [0.1, 0.15) is 12.0 Å². The monoisotopic (exact) mass is 413 g/mol. The van der Waals surface area contributed by atoms with Gasteiger partial charge >= 0.3 is 0 Å². The van der Waals surface area contributed by atoms with E-state index in [4.69, 9.17) is 20.0 Å². The van der Waals surface area contributed by atoms with E-state index in [-0.39, 0.29) is 41.4 Å². The fourth-order valence-electron chi connectivity index (χ4n) is 5.89. The summed E-state index contributed by atoms with van der Waals surface area (Å²) in [5, 5.41) is 3.85. The van der Waals surface area contributed by atoms with Gasteiger partial charge in [-0.05, 0) is 36.5 Å². The average Bonchev–Trinajstić information content (AvgIpc) is 3.47. The number of likely N-dealkylation sites (tertiary alicyclic amines) is 1. The molecule has 2 saturated carbocycles. The van der Waals surface area contributed by atoms with Gasteiger partial charge in [-0.2, -0.15) is 0 Å². The van der Waals surface area contributed by atoms with Gasteiger partial charge in [0.1, 0.15) is 6.10 Å².